The van der Waals surface area contributed by atoms with E-state index >= 15 is 0 Å². The zero-order valence-electron chi connectivity index (χ0n) is 11.5. The number of hydrogen-bond acceptors (Lipinski definition) is 5. The van der Waals surface area contributed by atoms with Gasteiger partial charge in [-0.1, -0.05) is 6.07 Å². The molecule has 0 saturated carbocycles. The molecule has 106 valence electrons. The Morgan fingerprint density at radius 2 is 2.10 bits per heavy atom. The second kappa shape index (κ2) is 6.00. The molecule has 0 radical (unpaired) electrons. The second-order valence-electron chi connectivity index (χ2n) is 4.47. The van der Waals surface area contributed by atoms with E-state index in [-0.39, 0.29) is 17.2 Å². The lowest BCUT2D eigenvalue weighted by Crippen LogP contribution is -2.18. The number of carbonyl (C=O) groups excluding carboxylic acids is 1. The van der Waals surface area contributed by atoms with Crippen LogP contribution in [0.2, 0.25) is 0 Å². The highest BCUT2D eigenvalue weighted by Gasteiger charge is 2.22. The number of thioether (sulfide) groups is 1. The molecule has 1 heterocycles. The van der Waals surface area contributed by atoms with Gasteiger partial charge in [0.2, 0.25) is 0 Å². The Bertz CT molecular complexity index is 582. The molecule has 1 amide bonds. The Morgan fingerprint density at radius 3 is 2.65 bits per heavy atom. The average molecular weight is 292 g/mol. The molecule has 5 nitrogen and oxygen atoms in total. The summed E-state index contributed by atoms with van der Waals surface area (Å²) >= 11 is 1.11. The Hall–Kier alpha value is -1.95. The van der Waals surface area contributed by atoms with Gasteiger partial charge in [-0.25, -0.2) is 0 Å². The largest absolute Gasteiger partial charge is 0.493 e. The third-order valence-corrected chi connectivity index (χ3v) is 3.34. The minimum atomic E-state index is -0.249. The SMILES string of the molecule is COc1cc(/C=C2/SC(=N)NC2=O)ccc1OC(C)C. The van der Waals surface area contributed by atoms with Crippen molar-refractivity contribution in [3.05, 3.63) is 28.7 Å². The molecular weight excluding hydrogens is 276 g/mol. The molecule has 6 heteroatoms. The number of rotatable bonds is 4. The number of nitrogens with one attached hydrogen (secondary N) is 2. The summed E-state index contributed by atoms with van der Waals surface area (Å²) < 4.78 is 10.9. The molecule has 2 N–H and O–H groups in total. The maximum atomic E-state index is 11.6. The summed E-state index contributed by atoms with van der Waals surface area (Å²) in [5.41, 5.74) is 0.824. The monoisotopic (exact) mass is 292 g/mol. The Labute approximate surface area is 121 Å². The number of hydrogen-bond donors (Lipinski definition) is 2. The molecule has 0 unspecified atom stereocenters. The number of carbonyl (C=O) groups is 1. The molecule has 0 bridgehead atoms. The molecule has 1 fully saturated rings. The van der Waals surface area contributed by atoms with E-state index in [9.17, 15) is 4.79 Å². The summed E-state index contributed by atoms with van der Waals surface area (Å²) in [5.74, 6) is 1.04. The molecule has 1 aliphatic rings. The van der Waals surface area contributed by atoms with E-state index in [2.05, 4.69) is 5.32 Å². The third kappa shape index (κ3) is 3.33. The van der Waals surface area contributed by atoms with Crippen LogP contribution in [0, 0.1) is 5.41 Å². The van der Waals surface area contributed by atoms with Gasteiger partial charge in [0.1, 0.15) is 0 Å². The molecule has 1 aromatic rings. The molecule has 1 aromatic carbocycles. The van der Waals surface area contributed by atoms with Gasteiger partial charge < -0.3 is 14.8 Å². The van der Waals surface area contributed by atoms with Crippen molar-refractivity contribution in [1.29, 1.82) is 5.41 Å². The smallest absolute Gasteiger partial charge is 0.264 e. The standard InChI is InChI=1S/C14H16N2O3S/c1-8(2)19-10-5-4-9(6-11(10)18-3)7-12-13(17)16-14(15)20-12/h4-8H,1-3H3,(H2,15,16,17)/b12-7+. The highest BCUT2D eigenvalue weighted by molar-refractivity contribution is 8.18. The summed E-state index contributed by atoms with van der Waals surface area (Å²) in [6.07, 6.45) is 1.79. The van der Waals surface area contributed by atoms with Crippen molar-refractivity contribution >= 4 is 28.9 Å². The minimum Gasteiger partial charge on any atom is -0.493 e. The van der Waals surface area contributed by atoms with Gasteiger partial charge in [0.15, 0.2) is 16.7 Å². The number of benzene rings is 1. The normalized spacial score (nSPS) is 16.7. The Kier molecular flexibility index (Phi) is 4.34. The van der Waals surface area contributed by atoms with Crippen LogP contribution < -0.4 is 14.8 Å². The van der Waals surface area contributed by atoms with E-state index in [1.807, 2.05) is 26.0 Å². The zero-order valence-corrected chi connectivity index (χ0v) is 12.3. The van der Waals surface area contributed by atoms with Gasteiger partial charge in [0.25, 0.3) is 5.91 Å². The van der Waals surface area contributed by atoms with Crippen molar-refractivity contribution in [2.75, 3.05) is 7.11 Å². The fraction of sp³-hybridized carbons (Fsp3) is 0.286. The van der Waals surface area contributed by atoms with Crippen LogP contribution in [0.1, 0.15) is 19.4 Å². The van der Waals surface area contributed by atoms with Crippen molar-refractivity contribution in [2.45, 2.75) is 20.0 Å². The van der Waals surface area contributed by atoms with Crippen molar-refractivity contribution in [3.8, 4) is 11.5 Å². The van der Waals surface area contributed by atoms with E-state index < -0.39 is 0 Å². The molecule has 1 saturated heterocycles. The topological polar surface area (TPSA) is 71.4 Å². The van der Waals surface area contributed by atoms with E-state index in [4.69, 9.17) is 14.9 Å². The number of ether oxygens (including phenoxy) is 2. The maximum absolute atomic E-state index is 11.6. The molecular formula is C14H16N2O3S. The van der Waals surface area contributed by atoms with Gasteiger partial charge >= 0.3 is 0 Å². The lowest BCUT2D eigenvalue weighted by Gasteiger charge is -2.13. The molecule has 20 heavy (non-hydrogen) atoms. The van der Waals surface area contributed by atoms with Gasteiger partial charge in [-0.05, 0) is 49.4 Å². The lowest BCUT2D eigenvalue weighted by molar-refractivity contribution is -0.115. The molecule has 2 rings (SSSR count). The zero-order chi connectivity index (χ0) is 14.7. The second-order valence-corrected chi connectivity index (χ2v) is 5.52. The summed E-state index contributed by atoms with van der Waals surface area (Å²) in [6, 6.07) is 5.47. The van der Waals surface area contributed by atoms with Crippen molar-refractivity contribution in [3.63, 3.8) is 0 Å². The van der Waals surface area contributed by atoms with Crippen LogP contribution in [0.3, 0.4) is 0 Å². The van der Waals surface area contributed by atoms with Crippen molar-refractivity contribution in [1.82, 2.24) is 5.32 Å². The Balaban J connectivity index is 2.28. The van der Waals surface area contributed by atoms with Crippen molar-refractivity contribution < 1.29 is 14.3 Å². The van der Waals surface area contributed by atoms with Gasteiger partial charge in [0.05, 0.1) is 18.1 Å². The first-order valence-corrected chi connectivity index (χ1v) is 6.95. The molecule has 1 aliphatic heterocycles. The summed E-state index contributed by atoms with van der Waals surface area (Å²) in [7, 11) is 1.58. The number of methoxy groups -OCH3 is 1. The minimum absolute atomic E-state index is 0.0599. The third-order valence-electron chi connectivity index (χ3n) is 2.51. The van der Waals surface area contributed by atoms with Gasteiger partial charge in [-0.15, -0.1) is 0 Å². The first-order valence-electron chi connectivity index (χ1n) is 6.13. The first-order chi connectivity index (χ1) is 9.49. The van der Waals surface area contributed by atoms with Crippen LogP contribution in [0.4, 0.5) is 0 Å². The lowest BCUT2D eigenvalue weighted by atomic mass is 10.2. The fourth-order valence-corrected chi connectivity index (χ4v) is 2.42. The fourth-order valence-electron chi connectivity index (χ4n) is 1.72. The molecule has 0 aliphatic carbocycles. The number of amides is 1. The van der Waals surface area contributed by atoms with Crippen LogP contribution in [0.25, 0.3) is 6.08 Å². The molecule has 0 spiro atoms. The number of amidine groups is 1. The summed E-state index contributed by atoms with van der Waals surface area (Å²) in [5, 5.41) is 9.99. The van der Waals surface area contributed by atoms with Gasteiger partial charge in [-0.2, -0.15) is 0 Å². The quantitative estimate of drug-likeness (QED) is 0.837. The van der Waals surface area contributed by atoms with E-state index in [1.54, 1.807) is 19.3 Å². The Morgan fingerprint density at radius 1 is 1.35 bits per heavy atom. The van der Waals surface area contributed by atoms with Crippen LogP contribution in [-0.2, 0) is 4.79 Å². The van der Waals surface area contributed by atoms with Crippen LogP contribution in [0.5, 0.6) is 11.5 Å². The summed E-state index contributed by atoms with van der Waals surface area (Å²) in [4.78, 5) is 12.1. The van der Waals surface area contributed by atoms with Gasteiger partial charge in [0, 0.05) is 0 Å². The molecule has 0 aromatic heterocycles. The highest BCUT2D eigenvalue weighted by atomic mass is 32.2. The molecule has 0 atom stereocenters. The predicted molar refractivity (Wildman–Crippen MR) is 80.2 cm³/mol. The maximum Gasteiger partial charge on any atom is 0.264 e. The predicted octanol–water partition coefficient (Wildman–Crippen LogP) is 2.62. The van der Waals surface area contributed by atoms with Gasteiger partial charge in [-0.3, -0.25) is 10.2 Å². The first kappa shape index (κ1) is 14.5. The average Bonchev–Trinajstić information content (AvgIpc) is 2.69. The van der Waals surface area contributed by atoms with Crippen LogP contribution in [-0.4, -0.2) is 24.3 Å². The summed E-state index contributed by atoms with van der Waals surface area (Å²) in [6.45, 7) is 3.89. The van der Waals surface area contributed by atoms with Crippen molar-refractivity contribution in [2.24, 2.45) is 0 Å². The highest BCUT2D eigenvalue weighted by Crippen LogP contribution is 2.31. The van der Waals surface area contributed by atoms with Crippen LogP contribution >= 0.6 is 11.8 Å². The van der Waals surface area contributed by atoms with E-state index in [0.717, 1.165) is 17.3 Å². The van der Waals surface area contributed by atoms with Crippen LogP contribution in [0.15, 0.2) is 23.1 Å². The van der Waals surface area contributed by atoms with E-state index in [1.165, 1.54) is 0 Å². The van der Waals surface area contributed by atoms with E-state index in [0.29, 0.717) is 16.4 Å².